The van der Waals surface area contributed by atoms with Crippen LogP contribution in [0.3, 0.4) is 0 Å². The van der Waals surface area contributed by atoms with Crippen LogP contribution in [0.25, 0.3) is 11.1 Å². The number of anilines is 1. The smallest absolute Gasteiger partial charge is 0.417 e. The van der Waals surface area contributed by atoms with Gasteiger partial charge in [-0.25, -0.2) is 4.98 Å². The molecule has 0 bridgehead atoms. The molecule has 2 aromatic carbocycles. The van der Waals surface area contributed by atoms with Gasteiger partial charge in [0.25, 0.3) is 0 Å². The minimum Gasteiger partial charge on any atom is -0.493 e. The first-order valence-electron chi connectivity index (χ1n) is 11.6. The van der Waals surface area contributed by atoms with Gasteiger partial charge in [0, 0.05) is 12.7 Å². The van der Waals surface area contributed by atoms with Crippen molar-refractivity contribution in [2.45, 2.75) is 37.9 Å². The molecule has 1 aromatic heterocycles. The van der Waals surface area contributed by atoms with Crippen LogP contribution in [0.5, 0.6) is 5.75 Å². The van der Waals surface area contributed by atoms with Crippen LogP contribution in [-0.4, -0.2) is 22.7 Å². The number of aliphatic carboxylic acids is 1. The number of rotatable bonds is 9. The molecule has 5 rings (SSSR count). The van der Waals surface area contributed by atoms with Crippen molar-refractivity contribution in [1.29, 1.82) is 0 Å². The van der Waals surface area contributed by atoms with E-state index in [1.54, 1.807) is 42.6 Å². The molecular weight excluding hydrogens is 457 g/mol. The molecule has 0 spiro atoms. The van der Waals surface area contributed by atoms with Crippen LogP contribution in [0.2, 0.25) is 0 Å². The third-order valence-corrected chi connectivity index (χ3v) is 6.53. The molecule has 0 saturated heterocycles. The average Bonchev–Trinajstić information content (AvgIpc) is 3.75. The molecule has 2 aliphatic carbocycles. The molecule has 2 N–H and O–H groups in total. The fraction of sp³-hybridized carbons (Fsp3) is 0.333. The first kappa shape index (κ1) is 23.2. The molecule has 3 aromatic rings. The number of ether oxygens (including phenoxy) is 1. The zero-order valence-corrected chi connectivity index (χ0v) is 18.9. The van der Waals surface area contributed by atoms with Crippen LogP contribution in [0, 0.1) is 11.8 Å². The zero-order valence-electron chi connectivity index (χ0n) is 18.9. The summed E-state index contributed by atoms with van der Waals surface area (Å²) in [7, 11) is 0. The molecule has 2 fully saturated rings. The summed E-state index contributed by atoms with van der Waals surface area (Å²) in [4.78, 5) is 15.4. The molecule has 182 valence electrons. The lowest BCUT2D eigenvalue weighted by Gasteiger charge is -2.16. The number of benzene rings is 2. The van der Waals surface area contributed by atoms with Crippen LogP contribution in [-0.2, 0) is 17.5 Å². The van der Waals surface area contributed by atoms with E-state index in [2.05, 4.69) is 10.3 Å². The molecule has 2 atom stereocenters. The normalized spacial score (nSPS) is 19.3. The number of carboxylic acid groups (broad SMARTS) is 1. The number of aromatic nitrogens is 1. The van der Waals surface area contributed by atoms with Gasteiger partial charge in [-0.05, 0) is 83.7 Å². The molecule has 0 amide bonds. The number of carboxylic acids is 1. The second kappa shape index (κ2) is 9.24. The standard InChI is InChI=1S/C27H25F3N2O3/c28-27(29,30)24-9-3-17(11-22(24)18-4-7-20(8-5-18)35-15-16-1-2-16)13-31-25-10-6-19(14-32-25)21-12-23(21)26(33)34/h3-11,14,16,21,23H,1-2,12-13,15H2,(H,31,32)(H,33,34)/t21-,23+/m0/s1. The average molecular weight is 483 g/mol. The van der Waals surface area contributed by atoms with Crippen molar-refractivity contribution in [1.82, 2.24) is 4.98 Å². The quantitative estimate of drug-likeness (QED) is 0.372. The summed E-state index contributed by atoms with van der Waals surface area (Å²) in [6.45, 7) is 0.936. The van der Waals surface area contributed by atoms with E-state index in [9.17, 15) is 18.0 Å². The van der Waals surface area contributed by atoms with Gasteiger partial charge in [0.2, 0.25) is 0 Å². The van der Waals surface area contributed by atoms with E-state index >= 15 is 0 Å². The van der Waals surface area contributed by atoms with E-state index in [0.29, 0.717) is 48.2 Å². The minimum absolute atomic E-state index is 0.00276. The van der Waals surface area contributed by atoms with Crippen molar-refractivity contribution in [2.75, 3.05) is 11.9 Å². The Balaban J connectivity index is 1.29. The van der Waals surface area contributed by atoms with E-state index in [-0.39, 0.29) is 17.4 Å². The molecule has 1 heterocycles. The number of nitrogens with zero attached hydrogens (tertiary/aromatic N) is 1. The Morgan fingerprint density at radius 3 is 2.46 bits per heavy atom. The number of nitrogens with one attached hydrogen (secondary N) is 1. The molecule has 2 aliphatic rings. The molecule has 35 heavy (non-hydrogen) atoms. The number of alkyl halides is 3. The van der Waals surface area contributed by atoms with Crippen molar-refractivity contribution >= 4 is 11.8 Å². The van der Waals surface area contributed by atoms with E-state index in [4.69, 9.17) is 9.84 Å². The maximum Gasteiger partial charge on any atom is 0.417 e. The third-order valence-electron chi connectivity index (χ3n) is 6.53. The highest BCUT2D eigenvalue weighted by atomic mass is 19.4. The zero-order chi connectivity index (χ0) is 24.6. The second-order valence-electron chi connectivity index (χ2n) is 9.27. The van der Waals surface area contributed by atoms with Gasteiger partial charge in [-0.2, -0.15) is 13.2 Å². The van der Waals surface area contributed by atoms with Gasteiger partial charge in [0.05, 0.1) is 18.1 Å². The molecule has 0 aliphatic heterocycles. The Kier molecular flexibility index (Phi) is 6.13. The summed E-state index contributed by atoms with van der Waals surface area (Å²) >= 11 is 0. The Hall–Kier alpha value is -3.55. The van der Waals surface area contributed by atoms with E-state index in [0.717, 1.165) is 11.6 Å². The molecule has 2 saturated carbocycles. The Morgan fingerprint density at radius 2 is 1.86 bits per heavy atom. The van der Waals surface area contributed by atoms with Crippen LogP contribution in [0.1, 0.15) is 41.9 Å². The monoisotopic (exact) mass is 482 g/mol. The van der Waals surface area contributed by atoms with Crippen molar-refractivity contribution < 1.29 is 27.8 Å². The molecule has 0 radical (unpaired) electrons. The highest BCUT2D eigenvalue weighted by Gasteiger charge is 2.44. The topological polar surface area (TPSA) is 71.5 Å². The minimum atomic E-state index is -4.48. The highest BCUT2D eigenvalue weighted by Crippen LogP contribution is 2.47. The van der Waals surface area contributed by atoms with Gasteiger partial charge in [-0.15, -0.1) is 0 Å². The summed E-state index contributed by atoms with van der Waals surface area (Å²) in [5.74, 6) is 0.673. The van der Waals surface area contributed by atoms with Gasteiger partial charge >= 0.3 is 12.1 Å². The lowest BCUT2D eigenvalue weighted by molar-refractivity contribution is -0.139. The van der Waals surface area contributed by atoms with Crippen molar-refractivity contribution in [3.05, 3.63) is 77.5 Å². The molecule has 5 nitrogen and oxygen atoms in total. The number of hydrogen-bond acceptors (Lipinski definition) is 4. The second-order valence-corrected chi connectivity index (χ2v) is 9.27. The summed E-state index contributed by atoms with van der Waals surface area (Å²) < 4.78 is 46.8. The summed E-state index contributed by atoms with van der Waals surface area (Å²) in [6, 6.07) is 14.5. The lowest BCUT2D eigenvalue weighted by atomic mass is 9.96. The third kappa shape index (κ3) is 5.58. The van der Waals surface area contributed by atoms with Crippen LogP contribution in [0.15, 0.2) is 60.8 Å². The summed E-state index contributed by atoms with van der Waals surface area (Å²) in [5.41, 5.74) is 1.46. The van der Waals surface area contributed by atoms with Gasteiger partial charge < -0.3 is 15.2 Å². The first-order valence-corrected chi connectivity index (χ1v) is 11.6. The van der Waals surface area contributed by atoms with Gasteiger partial charge in [-0.3, -0.25) is 4.79 Å². The maximum absolute atomic E-state index is 13.7. The van der Waals surface area contributed by atoms with Crippen molar-refractivity contribution in [3.8, 4) is 16.9 Å². The highest BCUT2D eigenvalue weighted by molar-refractivity contribution is 5.75. The number of pyridine rings is 1. The Bertz CT molecular complexity index is 1210. The van der Waals surface area contributed by atoms with Gasteiger partial charge in [-0.1, -0.05) is 24.3 Å². The van der Waals surface area contributed by atoms with Crippen LogP contribution in [0.4, 0.5) is 19.0 Å². The summed E-state index contributed by atoms with van der Waals surface area (Å²) in [6.07, 6.45) is 0.127. The summed E-state index contributed by atoms with van der Waals surface area (Å²) in [5, 5.41) is 12.2. The fourth-order valence-corrected chi connectivity index (χ4v) is 4.17. The molecule has 0 unspecified atom stereocenters. The van der Waals surface area contributed by atoms with Gasteiger partial charge in [0.15, 0.2) is 0 Å². The van der Waals surface area contributed by atoms with Crippen LogP contribution < -0.4 is 10.1 Å². The molecule has 8 heteroatoms. The predicted octanol–water partition coefficient (Wildman–Crippen LogP) is 6.36. The fourth-order valence-electron chi connectivity index (χ4n) is 4.17. The SMILES string of the molecule is O=C(O)[C@@H]1C[C@H]1c1ccc(NCc2ccc(C(F)(F)F)c(-c3ccc(OCC4CC4)cc3)c2)nc1. The maximum atomic E-state index is 13.7. The Morgan fingerprint density at radius 1 is 1.09 bits per heavy atom. The lowest BCUT2D eigenvalue weighted by Crippen LogP contribution is -2.09. The predicted molar refractivity (Wildman–Crippen MR) is 125 cm³/mol. The first-order chi connectivity index (χ1) is 16.8. The van der Waals surface area contributed by atoms with E-state index < -0.39 is 17.7 Å². The van der Waals surface area contributed by atoms with E-state index in [1.807, 2.05) is 6.07 Å². The van der Waals surface area contributed by atoms with E-state index in [1.165, 1.54) is 18.9 Å². The number of hydrogen-bond donors (Lipinski definition) is 2. The van der Waals surface area contributed by atoms with Crippen molar-refractivity contribution in [2.24, 2.45) is 11.8 Å². The van der Waals surface area contributed by atoms with Crippen LogP contribution >= 0.6 is 0 Å². The number of carbonyl (C=O) groups is 1. The number of halogens is 3. The Labute approximate surface area is 201 Å². The van der Waals surface area contributed by atoms with Gasteiger partial charge in [0.1, 0.15) is 11.6 Å². The molecular formula is C27H25F3N2O3. The largest absolute Gasteiger partial charge is 0.493 e. The van der Waals surface area contributed by atoms with Crippen molar-refractivity contribution in [3.63, 3.8) is 0 Å².